The zero-order valence-electron chi connectivity index (χ0n) is 17.4. The van der Waals surface area contributed by atoms with Crippen molar-refractivity contribution in [3.63, 3.8) is 0 Å². The molecule has 0 aliphatic carbocycles. The Kier molecular flexibility index (Phi) is 5.04. The van der Waals surface area contributed by atoms with E-state index in [1.165, 1.54) is 0 Å². The molecule has 5 rings (SSSR count). The molecule has 0 spiro atoms. The average molecular weight is 412 g/mol. The molecule has 9 nitrogen and oxygen atoms in total. The molecule has 3 fully saturated rings. The summed E-state index contributed by atoms with van der Waals surface area (Å²) in [5, 5.41) is 12.7. The quantitative estimate of drug-likeness (QED) is 0.735. The van der Waals surface area contributed by atoms with Crippen molar-refractivity contribution < 1.29 is 14.3 Å². The normalized spacial score (nSPS) is 26.0. The second-order valence-corrected chi connectivity index (χ2v) is 8.78. The van der Waals surface area contributed by atoms with Gasteiger partial charge in [-0.25, -0.2) is 0 Å². The number of nitrogens with zero attached hydrogens (tertiary/aromatic N) is 6. The Morgan fingerprint density at radius 2 is 2.13 bits per heavy atom. The van der Waals surface area contributed by atoms with Crippen LogP contribution in [-0.2, 0) is 16.0 Å². The van der Waals surface area contributed by atoms with Crippen molar-refractivity contribution in [2.75, 3.05) is 26.7 Å². The highest BCUT2D eigenvalue weighted by Gasteiger charge is 2.44. The first kappa shape index (κ1) is 19.3. The maximum atomic E-state index is 12.9. The van der Waals surface area contributed by atoms with Crippen molar-refractivity contribution in [1.82, 2.24) is 29.6 Å². The number of hydrogen-bond acceptors (Lipinski definition) is 6. The summed E-state index contributed by atoms with van der Waals surface area (Å²) in [6.45, 7) is 2.39. The van der Waals surface area contributed by atoms with E-state index in [4.69, 9.17) is 4.74 Å². The summed E-state index contributed by atoms with van der Waals surface area (Å²) in [6, 6.07) is 3.91. The molecule has 3 unspecified atom stereocenters. The Hall–Kier alpha value is -2.71. The first-order valence-corrected chi connectivity index (χ1v) is 10.9. The van der Waals surface area contributed by atoms with Gasteiger partial charge in [0.1, 0.15) is 0 Å². The van der Waals surface area contributed by atoms with Crippen LogP contribution in [-0.4, -0.2) is 74.2 Å². The smallest absolute Gasteiger partial charge is 0.231 e. The largest absolute Gasteiger partial charge is 0.480 e. The van der Waals surface area contributed by atoms with Gasteiger partial charge >= 0.3 is 0 Å². The lowest BCUT2D eigenvalue weighted by molar-refractivity contribution is -0.148. The lowest BCUT2D eigenvalue weighted by Crippen LogP contribution is -2.61. The molecule has 2 amide bonds. The molecule has 0 aromatic carbocycles. The van der Waals surface area contributed by atoms with Gasteiger partial charge in [0.05, 0.1) is 7.11 Å². The van der Waals surface area contributed by atoms with Gasteiger partial charge in [-0.05, 0) is 43.6 Å². The van der Waals surface area contributed by atoms with E-state index in [1.807, 2.05) is 11.0 Å². The molecule has 3 aliphatic heterocycles. The minimum absolute atomic E-state index is 0.208. The molecule has 3 aliphatic rings. The van der Waals surface area contributed by atoms with Crippen molar-refractivity contribution in [1.29, 1.82) is 0 Å². The van der Waals surface area contributed by atoms with E-state index in [9.17, 15) is 9.59 Å². The SMILES string of the molecule is COc1ccc2nnc(CCCC(=O)N3CC4CC(C3)C3CCCC(=O)N3C4)n2n1. The summed E-state index contributed by atoms with van der Waals surface area (Å²) in [5.74, 6) is 2.62. The van der Waals surface area contributed by atoms with Crippen LogP contribution in [0.1, 0.15) is 44.3 Å². The Labute approximate surface area is 175 Å². The van der Waals surface area contributed by atoms with Crippen LogP contribution in [0, 0.1) is 11.8 Å². The highest BCUT2D eigenvalue weighted by Crippen LogP contribution is 2.38. The molecule has 160 valence electrons. The monoisotopic (exact) mass is 412 g/mol. The summed E-state index contributed by atoms with van der Waals surface area (Å²) >= 11 is 0. The fourth-order valence-electron chi connectivity index (χ4n) is 5.45. The number of carbonyl (C=O) groups is 2. The topological polar surface area (TPSA) is 92.9 Å². The zero-order valence-corrected chi connectivity index (χ0v) is 17.4. The van der Waals surface area contributed by atoms with Gasteiger partial charge in [0.15, 0.2) is 11.5 Å². The fraction of sp³-hybridized carbons (Fsp3) is 0.667. The van der Waals surface area contributed by atoms with Crippen molar-refractivity contribution in [3.8, 4) is 5.88 Å². The zero-order chi connectivity index (χ0) is 20.7. The van der Waals surface area contributed by atoms with E-state index < -0.39 is 0 Å². The summed E-state index contributed by atoms with van der Waals surface area (Å²) in [5.41, 5.74) is 0.674. The number of aromatic nitrogens is 4. The van der Waals surface area contributed by atoms with Crippen LogP contribution in [0.4, 0.5) is 0 Å². The number of fused-ring (bicyclic) bond motifs is 5. The molecule has 0 N–H and O–H groups in total. The van der Waals surface area contributed by atoms with E-state index in [2.05, 4.69) is 20.2 Å². The Balaban J connectivity index is 1.18. The number of piperidine rings is 3. The van der Waals surface area contributed by atoms with Gasteiger partial charge in [0.25, 0.3) is 0 Å². The number of carbonyl (C=O) groups excluding carboxylic acids is 2. The van der Waals surface area contributed by atoms with E-state index in [0.29, 0.717) is 61.0 Å². The molecule has 2 aromatic heterocycles. The van der Waals surface area contributed by atoms with Gasteiger partial charge in [-0.3, -0.25) is 9.59 Å². The third kappa shape index (κ3) is 3.50. The van der Waals surface area contributed by atoms with Crippen LogP contribution < -0.4 is 4.74 Å². The van der Waals surface area contributed by atoms with Crippen LogP contribution in [0.5, 0.6) is 5.88 Å². The van der Waals surface area contributed by atoms with Crippen LogP contribution in [0.15, 0.2) is 12.1 Å². The summed E-state index contributed by atoms with van der Waals surface area (Å²) in [4.78, 5) is 29.3. The highest BCUT2D eigenvalue weighted by molar-refractivity contribution is 5.78. The second-order valence-electron chi connectivity index (χ2n) is 8.78. The molecular weight excluding hydrogens is 384 g/mol. The molecule has 3 saturated heterocycles. The van der Waals surface area contributed by atoms with Crippen molar-refractivity contribution >= 4 is 17.5 Å². The predicted molar refractivity (Wildman–Crippen MR) is 108 cm³/mol. The summed E-state index contributed by atoms with van der Waals surface area (Å²) < 4.78 is 6.86. The Bertz CT molecular complexity index is 959. The van der Waals surface area contributed by atoms with Gasteiger partial charge in [0.2, 0.25) is 17.7 Å². The van der Waals surface area contributed by atoms with Crippen molar-refractivity contribution in [2.45, 2.75) is 51.0 Å². The first-order valence-electron chi connectivity index (χ1n) is 10.9. The first-order chi connectivity index (χ1) is 14.6. The Morgan fingerprint density at radius 1 is 1.23 bits per heavy atom. The number of rotatable bonds is 5. The number of hydrogen-bond donors (Lipinski definition) is 0. The molecule has 30 heavy (non-hydrogen) atoms. The molecule has 9 heteroatoms. The maximum absolute atomic E-state index is 12.9. The van der Waals surface area contributed by atoms with Gasteiger partial charge in [-0.1, -0.05) is 0 Å². The fourth-order valence-corrected chi connectivity index (χ4v) is 5.45. The summed E-state index contributed by atoms with van der Waals surface area (Å²) in [7, 11) is 1.58. The molecule has 0 saturated carbocycles. The number of likely N-dealkylation sites (tertiary alicyclic amines) is 1. The molecule has 3 atom stereocenters. The van der Waals surface area contributed by atoms with Gasteiger partial charge < -0.3 is 14.5 Å². The highest BCUT2D eigenvalue weighted by atomic mass is 16.5. The number of aryl methyl sites for hydroxylation is 1. The Morgan fingerprint density at radius 3 is 3.00 bits per heavy atom. The van der Waals surface area contributed by atoms with Gasteiger partial charge in [0, 0.05) is 51.0 Å². The van der Waals surface area contributed by atoms with Crippen LogP contribution in [0.25, 0.3) is 5.65 Å². The minimum Gasteiger partial charge on any atom is -0.480 e. The van der Waals surface area contributed by atoms with E-state index >= 15 is 0 Å². The lowest BCUT2D eigenvalue weighted by atomic mass is 9.76. The number of ether oxygens (including phenoxy) is 1. The van der Waals surface area contributed by atoms with Crippen molar-refractivity contribution in [3.05, 3.63) is 18.0 Å². The number of amides is 2. The molecule has 0 radical (unpaired) electrons. The minimum atomic E-state index is 0.208. The second kappa shape index (κ2) is 7.85. The third-order valence-corrected chi connectivity index (χ3v) is 6.84. The maximum Gasteiger partial charge on any atom is 0.231 e. The third-order valence-electron chi connectivity index (χ3n) is 6.84. The van der Waals surface area contributed by atoms with E-state index in [0.717, 1.165) is 44.7 Å². The standard InChI is InChI=1S/C21H28N6O3/c1-30-19-9-8-18-23-22-17(27(18)24-19)5-3-6-20(28)25-11-14-10-15(13-25)16-4-2-7-21(29)26(16)12-14/h8-9,14-16H,2-7,10-13H2,1H3. The van der Waals surface area contributed by atoms with Crippen LogP contribution >= 0.6 is 0 Å². The molecule has 5 heterocycles. The molecular formula is C21H28N6O3. The molecule has 2 aromatic rings. The van der Waals surface area contributed by atoms with Crippen molar-refractivity contribution in [2.24, 2.45) is 11.8 Å². The summed E-state index contributed by atoms with van der Waals surface area (Å²) in [6.07, 6.45) is 5.75. The van der Waals surface area contributed by atoms with Crippen LogP contribution in [0.3, 0.4) is 0 Å². The van der Waals surface area contributed by atoms with Crippen LogP contribution in [0.2, 0.25) is 0 Å². The van der Waals surface area contributed by atoms with E-state index in [-0.39, 0.29) is 5.91 Å². The average Bonchev–Trinajstić information content (AvgIpc) is 3.16. The molecule has 2 bridgehead atoms. The predicted octanol–water partition coefficient (Wildman–Crippen LogP) is 1.31. The van der Waals surface area contributed by atoms with Gasteiger partial charge in [-0.2, -0.15) is 4.52 Å². The lowest BCUT2D eigenvalue weighted by Gasteiger charge is -2.52. The van der Waals surface area contributed by atoms with Gasteiger partial charge in [-0.15, -0.1) is 15.3 Å². The number of methoxy groups -OCH3 is 1. The van der Waals surface area contributed by atoms with E-state index in [1.54, 1.807) is 17.7 Å².